The SMILES string of the molecule is CC(C)(C)OC(=O)C(CCC(N)=O)NC(=O)OCc1cccc2c1Cc1ccccc1-2. The Morgan fingerprint density at radius 2 is 1.77 bits per heavy atom. The lowest BCUT2D eigenvalue weighted by Crippen LogP contribution is -2.44. The number of fused-ring (bicyclic) bond motifs is 3. The van der Waals surface area contributed by atoms with E-state index >= 15 is 0 Å². The van der Waals surface area contributed by atoms with Crippen LogP contribution in [0.5, 0.6) is 0 Å². The van der Waals surface area contributed by atoms with E-state index in [2.05, 4.69) is 23.5 Å². The molecule has 164 valence electrons. The van der Waals surface area contributed by atoms with Crippen LogP contribution in [0.1, 0.15) is 50.3 Å². The Morgan fingerprint density at radius 3 is 2.48 bits per heavy atom. The number of amides is 2. The quantitative estimate of drug-likeness (QED) is 0.565. The van der Waals surface area contributed by atoms with E-state index in [0.717, 1.165) is 23.1 Å². The molecule has 0 bridgehead atoms. The lowest BCUT2D eigenvalue weighted by molar-refractivity contribution is -0.157. The van der Waals surface area contributed by atoms with E-state index in [1.54, 1.807) is 20.8 Å². The van der Waals surface area contributed by atoms with Crippen LogP contribution in [0.4, 0.5) is 4.79 Å². The van der Waals surface area contributed by atoms with Gasteiger partial charge in [-0.25, -0.2) is 9.59 Å². The number of ether oxygens (including phenoxy) is 2. The summed E-state index contributed by atoms with van der Waals surface area (Å²) in [6, 6.07) is 13.1. The molecule has 2 aromatic rings. The van der Waals surface area contributed by atoms with Crippen molar-refractivity contribution in [2.75, 3.05) is 0 Å². The number of carbonyl (C=O) groups is 3. The lowest BCUT2D eigenvalue weighted by Gasteiger charge is -2.24. The standard InChI is InChI=1S/C24H28N2O5/c1-24(2,3)31-22(28)20(11-12-21(25)27)26-23(29)30-14-16-8-6-10-18-17-9-5-4-7-15(17)13-19(16)18/h4-10,20H,11-14H2,1-3H3,(H2,25,27)(H,26,29). The minimum absolute atomic E-state index is 0.0371. The molecule has 3 N–H and O–H groups in total. The van der Waals surface area contributed by atoms with Gasteiger partial charge >= 0.3 is 12.1 Å². The van der Waals surface area contributed by atoms with E-state index in [9.17, 15) is 14.4 Å². The second-order valence-electron chi connectivity index (χ2n) is 8.59. The largest absolute Gasteiger partial charge is 0.458 e. The van der Waals surface area contributed by atoms with Crippen molar-refractivity contribution in [2.24, 2.45) is 5.73 Å². The van der Waals surface area contributed by atoms with E-state index in [4.69, 9.17) is 15.2 Å². The second-order valence-corrected chi connectivity index (χ2v) is 8.59. The number of esters is 1. The second kappa shape index (κ2) is 9.20. The smallest absolute Gasteiger partial charge is 0.408 e. The summed E-state index contributed by atoms with van der Waals surface area (Å²) in [5, 5.41) is 2.51. The van der Waals surface area contributed by atoms with Gasteiger partial charge < -0.3 is 20.5 Å². The molecule has 0 spiro atoms. The van der Waals surface area contributed by atoms with E-state index in [-0.39, 0.29) is 19.4 Å². The molecule has 1 unspecified atom stereocenters. The highest BCUT2D eigenvalue weighted by Gasteiger charge is 2.28. The highest BCUT2D eigenvalue weighted by molar-refractivity contribution is 5.83. The van der Waals surface area contributed by atoms with Gasteiger partial charge in [-0.3, -0.25) is 4.79 Å². The van der Waals surface area contributed by atoms with Crippen molar-refractivity contribution in [3.05, 3.63) is 59.2 Å². The van der Waals surface area contributed by atoms with Crippen LogP contribution in [0, 0.1) is 0 Å². The first-order valence-electron chi connectivity index (χ1n) is 10.3. The van der Waals surface area contributed by atoms with Crippen LogP contribution in [-0.4, -0.2) is 29.6 Å². The molecule has 2 aromatic carbocycles. The van der Waals surface area contributed by atoms with Crippen LogP contribution < -0.4 is 11.1 Å². The highest BCUT2D eigenvalue weighted by atomic mass is 16.6. The monoisotopic (exact) mass is 424 g/mol. The van der Waals surface area contributed by atoms with Gasteiger partial charge in [0.15, 0.2) is 0 Å². The number of hydrogen-bond acceptors (Lipinski definition) is 5. The van der Waals surface area contributed by atoms with E-state index < -0.39 is 29.6 Å². The maximum Gasteiger partial charge on any atom is 0.408 e. The van der Waals surface area contributed by atoms with Crippen molar-refractivity contribution in [3.8, 4) is 11.1 Å². The predicted molar refractivity (Wildman–Crippen MR) is 116 cm³/mol. The van der Waals surface area contributed by atoms with Gasteiger partial charge in [-0.05, 0) is 61.4 Å². The number of nitrogens with one attached hydrogen (secondary N) is 1. The first-order valence-corrected chi connectivity index (χ1v) is 10.3. The Balaban J connectivity index is 1.64. The third-order valence-corrected chi connectivity index (χ3v) is 4.97. The number of nitrogens with two attached hydrogens (primary N) is 1. The Kier molecular flexibility index (Phi) is 6.63. The van der Waals surface area contributed by atoms with Crippen molar-refractivity contribution in [1.82, 2.24) is 5.32 Å². The molecule has 0 aromatic heterocycles. The lowest BCUT2D eigenvalue weighted by atomic mass is 10.0. The number of hydrogen-bond donors (Lipinski definition) is 2. The fourth-order valence-electron chi connectivity index (χ4n) is 3.59. The summed E-state index contributed by atoms with van der Waals surface area (Å²) < 4.78 is 10.7. The molecule has 0 radical (unpaired) electrons. The fourth-order valence-corrected chi connectivity index (χ4v) is 3.59. The molecular weight excluding hydrogens is 396 g/mol. The molecule has 31 heavy (non-hydrogen) atoms. The van der Waals surface area contributed by atoms with Crippen LogP contribution in [0.15, 0.2) is 42.5 Å². The zero-order valence-electron chi connectivity index (χ0n) is 18.1. The van der Waals surface area contributed by atoms with Crippen LogP contribution >= 0.6 is 0 Å². The number of benzene rings is 2. The maximum atomic E-state index is 12.4. The van der Waals surface area contributed by atoms with Crippen LogP contribution in [-0.2, 0) is 32.1 Å². The molecule has 0 aliphatic heterocycles. The summed E-state index contributed by atoms with van der Waals surface area (Å²) in [5.74, 6) is -1.20. The van der Waals surface area contributed by atoms with E-state index in [1.807, 2.05) is 24.3 Å². The molecule has 0 heterocycles. The van der Waals surface area contributed by atoms with Crippen molar-refractivity contribution < 1.29 is 23.9 Å². The number of rotatable bonds is 7. The molecule has 2 amide bonds. The zero-order valence-corrected chi connectivity index (χ0v) is 18.1. The zero-order chi connectivity index (χ0) is 22.6. The molecule has 1 aliphatic carbocycles. The van der Waals surface area contributed by atoms with Crippen molar-refractivity contribution in [3.63, 3.8) is 0 Å². The van der Waals surface area contributed by atoms with Gasteiger partial charge in [0.25, 0.3) is 0 Å². The molecule has 0 fully saturated rings. The average molecular weight is 424 g/mol. The Morgan fingerprint density at radius 1 is 1.06 bits per heavy atom. The molecule has 0 saturated carbocycles. The Hall–Kier alpha value is -3.35. The van der Waals surface area contributed by atoms with Gasteiger partial charge in [-0.15, -0.1) is 0 Å². The average Bonchev–Trinajstić information content (AvgIpc) is 3.07. The van der Waals surface area contributed by atoms with Crippen molar-refractivity contribution in [2.45, 2.75) is 58.3 Å². The van der Waals surface area contributed by atoms with Gasteiger partial charge in [0.2, 0.25) is 5.91 Å². The molecule has 7 heteroatoms. The normalized spacial score (nSPS) is 13.0. The summed E-state index contributed by atoms with van der Waals surface area (Å²) >= 11 is 0. The summed E-state index contributed by atoms with van der Waals surface area (Å²) in [5.41, 5.74) is 10.1. The Labute approximate surface area is 181 Å². The highest BCUT2D eigenvalue weighted by Crippen LogP contribution is 2.38. The summed E-state index contributed by atoms with van der Waals surface area (Å²) in [4.78, 5) is 36.0. The topological polar surface area (TPSA) is 108 Å². The molecule has 1 aliphatic rings. The van der Waals surface area contributed by atoms with Crippen molar-refractivity contribution in [1.29, 1.82) is 0 Å². The van der Waals surface area contributed by atoms with Crippen LogP contribution in [0.25, 0.3) is 11.1 Å². The van der Waals surface area contributed by atoms with Gasteiger partial charge in [-0.2, -0.15) is 0 Å². The summed E-state index contributed by atoms with van der Waals surface area (Å²) in [6.45, 7) is 5.24. The van der Waals surface area contributed by atoms with Crippen molar-refractivity contribution >= 4 is 18.0 Å². The molecular formula is C24H28N2O5. The number of alkyl carbamates (subject to hydrolysis) is 1. The third kappa shape index (κ3) is 5.84. The van der Waals surface area contributed by atoms with Gasteiger partial charge in [0.05, 0.1) is 0 Å². The number of carbonyl (C=O) groups excluding carboxylic acids is 3. The van der Waals surface area contributed by atoms with E-state index in [0.29, 0.717) is 0 Å². The minimum Gasteiger partial charge on any atom is -0.458 e. The fraction of sp³-hybridized carbons (Fsp3) is 0.375. The molecule has 0 saturated heterocycles. The first-order chi connectivity index (χ1) is 14.6. The van der Waals surface area contributed by atoms with Gasteiger partial charge in [0, 0.05) is 6.42 Å². The molecule has 1 atom stereocenters. The molecule has 7 nitrogen and oxygen atoms in total. The summed E-state index contributed by atoms with van der Waals surface area (Å²) in [6.07, 6.45) is 0.00369. The maximum absolute atomic E-state index is 12.4. The Bertz CT molecular complexity index is 994. The number of primary amides is 1. The van der Waals surface area contributed by atoms with E-state index in [1.165, 1.54) is 11.1 Å². The first kappa shape index (κ1) is 22.3. The molecule has 3 rings (SSSR count). The van der Waals surface area contributed by atoms with Crippen LogP contribution in [0.3, 0.4) is 0 Å². The van der Waals surface area contributed by atoms with Crippen LogP contribution in [0.2, 0.25) is 0 Å². The van der Waals surface area contributed by atoms with Gasteiger partial charge in [0.1, 0.15) is 18.2 Å². The van der Waals surface area contributed by atoms with Gasteiger partial charge in [-0.1, -0.05) is 42.5 Å². The predicted octanol–water partition coefficient (Wildman–Crippen LogP) is 3.46. The summed E-state index contributed by atoms with van der Waals surface area (Å²) in [7, 11) is 0. The minimum atomic E-state index is -1.02. The third-order valence-electron chi connectivity index (χ3n) is 4.97.